The van der Waals surface area contributed by atoms with Crippen LogP contribution in [0.3, 0.4) is 0 Å². The van der Waals surface area contributed by atoms with Gasteiger partial charge in [0.15, 0.2) is 0 Å². The summed E-state index contributed by atoms with van der Waals surface area (Å²) in [6, 6.07) is 6.31. The highest BCUT2D eigenvalue weighted by Crippen LogP contribution is 2.11. The first-order chi connectivity index (χ1) is 14.7. The third-order valence-corrected chi connectivity index (χ3v) is 4.95. The molecule has 0 aromatic heterocycles. The highest BCUT2D eigenvalue weighted by Gasteiger charge is 2.36. The number of amides is 3. The molecule has 1 heterocycles. The number of benzene rings is 1. The average Bonchev–Trinajstić information content (AvgIpc) is 2.76. The van der Waals surface area contributed by atoms with Crippen molar-refractivity contribution in [3.05, 3.63) is 35.9 Å². The Labute approximate surface area is 180 Å². The quantitative estimate of drug-likeness (QED) is 0.444. The third kappa shape index (κ3) is 6.80. The van der Waals surface area contributed by atoms with Gasteiger partial charge in [0.05, 0.1) is 26.6 Å². The van der Waals surface area contributed by atoms with Crippen molar-refractivity contribution in [2.75, 3.05) is 14.2 Å². The predicted molar refractivity (Wildman–Crippen MR) is 108 cm³/mol. The van der Waals surface area contributed by atoms with E-state index < -0.39 is 53.7 Å². The number of rotatable bonds is 9. The molecule has 168 valence electrons. The van der Waals surface area contributed by atoms with E-state index in [2.05, 4.69) is 25.4 Å². The van der Waals surface area contributed by atoms with Crippen LogP contribution in [0.1, 0.15) is 25.3 Å². The zero-order valence-corrected chi connectivity index (χ0v) is 17.7. The van der Waals surface area contributed by atoms with E-state index in [1.54, 1.807) is 6.92 Å². The summed E-state index contributed by atoms with van der Waals surface area (Å²) in [7, 11) is 2.38. The highest BCUT2D eigenvalue weighted by molar-refractivity contribution is 5.99. The number of nitrogens with one attached hydrogen (secondary N) is 3. The number of esters is 2. The Morgan fingerprint density at radius 2 is 1.55 bits per heavy atom. The molecule has 1 aromatic rings. The Balaban J connectivity index is 1.94. The second-order valence-corrected chi connectivity index (χ2v) is 7.32. The van der Waals surface area contributed by atoms with Crippen LogP contribution in [0.15, 0.2) is 30.3 Å². The lowest BCUT2D eigenvalue weighted by Crippen LogP contribution is -2.63. The van der Waals surface area contributed by atoms with Crippen LogP contribution in [0, 0.1) is 5.92 Å². The van der Waals surface area contributed by atoms with Gasteiger partial charge >= 0.3 is 11.9 Å². The van der Waals surface area contributed by atoms with E-state index in [9.17, 15) is 24.0 Å². The van der Waals surface area contributed by atoms with Crippen LogP contribution in [-0.2, 0) is 39.9 Å². The van der Waals surface area contributed by atoms with Crippen molar-refractivity contribution in [2.45, 2.75) is 44.3 Å². The number of hydrogen-bond acceptors (Lipinski definition) is 7. The van der Waals surface area contributed by atoms with Crippen molar-refractivity contribution in [2.24, 2.45) is 5.92 Å². The van der Waals surface area contributed by atoms with Crippen molar-refractivity contribution >= 4 is 29.7 Å². The fourth-order valence-corrected chi connectivity index (χ4v) is 3.26. The van der Waals surface area contributed by atoms with Crippen LogP contribution < -0.4 is 16.0 Å². The Hall–Kier alpha value is -3.43. The summed E-state index contributed by atoms with van der Waals surface area (Å²) >= 11 is 0. The lowest BCUT2D eigenvalue weighted by molar-refractivity contribution is -0.149. The first kappa shape index (κ1) is 23.8. The zero-order valence-electron chi connectivity index (χ0n) is 17.7. The lowest BCUT2D eigenvalue weighted by atomic mass is 10.00. The van der Waals surface area contributed by atoms with Gasteiger partial charge < -0.3 is 25.4 Å². The van der Waals surface area contributed by atoms with Crippen molar-refractivity contribution in [1.82, 2.24) is 16.0 Å². The fraction of sp³-hybridized carbons (Fsp3) is 0.476. The Morgan fingerprint density at radius 3 is 2.16 bits per heavy atom. The maximum atomic E-state index is 12.4. The number of carbonyl (C=O) groups is 5. The maximum absolute atomic E-state index is 12.4. The van der Waals surface area contributed by atoms with Gasteiger partial charge in [0.1, 0.15) is 18.1 Å². The predicted octanol–water partition coefficient (Wildman–Crippen LogP) is -0.541. The molecule has 1 aliphatic heterocycles. The highest BCUT2D eigenvalue weighted by atomic mass is 16.5. The summed E-state index contributed by atoms with van der Waals surface area (Å²) in [4.78, 5) is 60.8. The first-order valence-corrected chi connectivity index (χ1v) is 9.84. The third-order valence-electron chi connectivity index (χ3n) is 4.95. The molecule has 1 aliphatic rings. The van der Waals surface area contributed by atoms with E-state index in [0.717, 1.165) is 12.7 Å². The molecule has 1 aromatic carbocycles. The monoisotopic (exact) mass is 433 g/mol. The molecule has 0 unspecified atom stereocenters. The molecule has 10 nitrogen and oxygen atoms in total. The average molecular weight is 433 g/mol. The van der Waals surface area contributed by atoms with Crippen LogP contribution in [-0.4, -0.2) is 62.0 Å². The summed E-state index contributed by atoms with van der Waals surface area (Å²) in [6.45, 7) is 1.55. The Morgan fingerprint density at radius 1 is 0.968 bits per heavy atom. The van der Waals surface area contributed by atoms with E-state index in [1.807, 2.05) is 30.3 Å². The summed E-state index contributed by atoms with van der Waals surface area (Å²) in [5.74, 6) is -3.46. The van der Waals surface area contributed by atoms with E-state index >= 15 is 0 Å². The molecule has 1 fully saturated rings. The standard InChI is InChI=1S/C21H27N3O7/c1-12(20(28)30-2)9-16(21(29)31-3)22-17(25)11-15-19(27)23-14(18(26)24-15)10-13-7-5-4-6-8-13/h4-8,12,14-16H,9-11H2,1-3H3,(H,22,25)(H,23,27)(H,24,26)/t12-,14-,15-,16-/m0/s1. The van der Waals surface area contributed by atoms with Gasteiger partial charge in [-0.15, -0.1) is 0 Å². The number of piperazine rings is 1. The van der Waals surface area contributed by atoms with Crippen LogP contribution >= 0.6 is 0 Å². The normalized spacial score (nSPS) is 20.0. The minimum Gasteiger partial charge on any atom is -0.469 e. The van der Waals surface area contributed by atoms with E-state index in [0.29, 0.717) is 6.42 Å². The molecule has 4 atom stereocenters. The van der Waals surface area contributed by atoms with Gasteiger partial charge in [-0.3, -0.25) is 19.2 Å². The molecule has 10 heteroatoms. The number of methoxy groups -OCH3 is 2. The number of hydrogen-bond donors (Lipinski definition) is 3. The smallest absolute Gasteiger partial charge is 0.328 e. The molecule has 31 heavy (non-hydrogen) atoms. The number of carbonyl (C=O) groups excluding carboxylic acids is 5. The summed E-state index contributed by atoms with van der Waals surface area (Å²) in [6.07, 6.45) is -0.0731. The molecular formula is C21H27N3O7. The minimum absolute atomic E-state index is 0.0343. The van der Waals surface area contributed by atoms with Crippen LogP contribution in [0.2, 0.25) is 0 Å². The lowest BCUT2D eigenvalue weighted by Gasteiger charge is -2.29. The molecule has 1 saturated heterocycles. The van der Waals surface area contributed by atoms with Gasteiger partial charge in [-0.1, -0.05) is 37.3 Å². The largest absolute Gasteiger partial charge is 0.469 e. The topological polar surface area (TPSA) is 140 Å². The fourth-order valence-electron chi connectivity index (χ4n) is 3.26. The molecule has 0 bridgehead atoms. The summed E-state index contributed by atoms with van der Waals surface area (Å²) < 4.78 is 9.30. The summed E-state index contributed by atoms with van der Waals surface area (Å²) in [5.41, 5.74) is 0.889. The van der Waals surface area contributed by atoms with E-state index in [4.69, 9.17) is 0 Å². The first-order valence-electron chi connectivity index (χ1n) is 9.84. The van der Waals surface area contributed by atoms with Gasteiger partial charge in [0.2, 0.25) is 17.7 Å². The van der Waals surface area contributed by atoms with Crippen molar-refractivity contribution < 1.29 is 33.4 Å². The molecule has 0 spiro atoms. The molecule has 3 N–H and O–H groups in total. The SMILES string of the molecule is COC(=O)[C@H](C[C@H](C)C(=O)OC)NC(=O)C[C@@H]1NC(=O)[C@H](Cc2ccccc2)NC1=O. The minimum atomic E-state index is -1.10. The molecular weight excluding hydrogens is 406 g/mol. The zero-order chi connectivity index (χ0) is 23.0. The Kier molecular flexibility index (Phi) is 8.53. The van der Waals surface area contributed by atoms with Gasteiger partial charge in [0.25, 0.3) is 0 Å². The molecule has 0 saturated carbocycles. The van der Waals surface area contributed by atoms with Crippen LogP contribution in [0.4, 0.5) is 0 Å². The van der Waals surface area contributed by atoms with Crippen molar-refractivity contribution in [1.29, 1.82) is 0 Å². The van der Waals surface area contributed by atoms with Crippen LogP contribution in [0.25, 0.3) is 0 Å². The molecule has 2 rings (SSSR count). The molecule has 0 aliphatic carbocycles. The van der Waals surface area contributed by atoms with Gasteiger partial charge in [0, 0.05) is 6.42 Å². The summed E-state index contributed by atoms with van der Waals surface area (Å²) in [5, 5.41) is 7.64. The van der Waals surface area contributed by atoms with Gasteiger partial charge in [-0.05, 0) is 12.0 Å². The van der Waals surface area contributed by atoms with Gasteiger partial charge in [-0.2, -0.15) is 0 Å². The van der Waals surface area contributed by atoms with E-state index in [1.165, 1.54) is 7.11 Å². The number of ether oxygens (including phenoxy) is 2. The second-order valence-electron chi connectivity index (χ2n) is 7.32. The van der Waals surface area contributed by atoms with Crippen molar-refractivity contribution in [3.63, 3.8) is 0 Å². The van der Waals surface area contributed by atoms with Crippen LogP contribution in [0.5, 0.6) is 0 Å². The van der Waals surface area contributed by atoms with E-state index in [-0.39, 0.29) is 12.8 Å². The Bertz CT molecular complexity index is 828. The molecule has 3 amide bonds. The molecule has 0 radical (unpaired) electrons. The van der Waals surface area contributed by atoms with Crippen molar-refractivity contribution in [3.8, 4) is 0 Å². The maximum Gasteiger partial charge on any atom is 0.328 e. The van der Waals surface area contributed by atoms with Gasteiger partial charge in [-0.25, -0.2) is 4.79 Å². The second kappa shape index (κ2) is 11.1.